The van der Waals surface area contributed by atoms with E-state index in [1.54, 1.807) is 44.5 Å². The zero-order valence-corrected chi connectivity index (χ0v) is 36.4. The van der Waals surface area contributed by atoms with E-state index in [0.717, 1.165) is 18.8 Å². The van der Waals surface area contributed by atoms with Gasteiger partial charge in [0.05, 0.1) is 6.04 Å². The molecule has 3 aromatic carbocycles. The first-order valence-electron chi connectivity index (χ1n) is 24.0. The molecule has 1 heteroatoms. The fraction of sp³-hybridized carbons (Fsp3) is 0.509. The smallest absolute Gasteiger partial charge is 0.0598 e. The average Bonchev–Trinajstić information content (AvgIpc) is 3.26. The summed E-state index contributed by atoms with van der Waals surface area (Å²) in [6, 6.07) is 20.2. The van der Waals surface area contributed by atoms with Crippen LogP contribution in [-0.2, 0) is 19.3 Å². The Morgan fingerprint density at radius 1 is 0.707 bits per heavy atom. The summed E-state index contributed by atoms with van der Waals surface area (Å²) in [4.78, 5) is 2.83. The van der Waals surface area contributed by atoms with E-state index in [4.69, 9.17) is 0 Å². The van der Waals surface area contributed by atoms with Gasteiger partial charge in [0, 0.05) is 11.4 Å². The summed E-state index contributed by atoms with van der Waals surface area (Å²) in [6.45, 7) is 9.62. The zero-order chi connectivity index (χ0) is 39.3. The third-order valence-electron chi connectivity index (χ3n) is 16.5. The van der Waals surface area contributed by atoms with Crippen molar-refractivity contribution >= 4 is 28.1 Å². The SMILES string of the molecule is CC1=CC(N(c2ccc3c(c2)CCCC3)C2Cc3c(cc(/C=C(/CC4CCC5=C(CCCC5)C4)C4CC=C(C)C(C)C4)c4ccccc34)C3=C2CCCC3)=CCC1C. The fourth-order valence-corrected chi connectivity index (χ4v) is 12.7. The summed E-state index contributed by atoms with van der Waals surface area (Å²) in [5.41, 5.74) is 22.7. The van der Waals surface area contributed by atoms with Gasteiger partial charge in [-0.1, -0.05) is 90.3 Å². The molecule has 302 valence electrons. The van der Waals surface area contributed by atoms with Gasteiger partial charge in [-0.25, -0.2) is 0 Å². The molecule has 0 saturated carbocycles. The van der Waals surface area contributed by atoms with Crippen molar-refractivity contribution in [1.29, 1.82) is 0 Å². The maximum Gasteiger partial charge on any atom is 0.0598 e. The Kier molecular flexibility index (Phi) is 10.8. The number of aryl methyl sites for hydroxylation is 2. The second-order valence-electron chi connectivity index (χ2n) is 20.1. The molecule has 0 amide bonds. The van der Waals surface area contributed by atoms with Gasteiger partial charge >= 0.3 is 0 Å². The van der Waals surface area contributed by atoms with Crippen LogP contribution in [0.1, 0.15) is 165 Å². The molecular weight excluding hydrogens is 699 g/mol. The molecule has 0 fully saturated rings. The van der Waals surface area contributed by atoms with Gasteiger partial charge in [0.15, 0.2) is 0 Å². The van der Waals surface area contributed by atoms with Gasteiger partial charge in [0.1, 0.15) is 0 Å². The Morgan fingerprint density at radius 3 is 2.33 bits per heavy atom. The lowest BCUT2D eigenvalue weighted by molar-refractivity contribution is 0.382. The fourth-order valence-electron chi connectivity index (χ4n) is 12.7. The van der Waals surface area contributed by atoms with Crippen LogP contribution in [0, 0.1) is 23.7 Å². The van der Waals surface area contributed by atoms with E-state index in [9.17, 15) is 0 Å². The maximum atomic E-state index is 2.83. The van der Waals surface area contributed by atoms with Crippen LogP contribution in [0.5, 0.6) is 0 Å². The Balaban J connectivity index is 1.09. The molecule has 58 heavy (non-hydrogen) atoms. The second kappa shape index (κ2) is 16.3. The summed E-state index contributed by atoms with van der Waals surface area (Å²) >= 11 is 0. The first kappa shape index (κ1) is 38.4. The normalized spacial score (nSPS) is 27.6. The van der Waals surface area contributed by atoms with Gasteiger partial charge < -0.3 is 4.90 Å². The molecule has 10 rings (SSSR count). The molecule has 0 radical (unpaired) electrons. The summed E-state index contributed by atoms with van der Waals surface area (Å²) < 4.78 is 0. The quantitative estimate of drug-likeness (QED) is 0.216. The van der Waals surface area contributed by atoms with E-state index in [0.29, 0.717) is 23.8 Å². The molecule has 3 aromatic rings. The first-order chi connectivity index (χ1) is 28.4. The molecule has 0 spiro atoms. The van der Waals surface area contributed by atoms with E-state index in [-0.39, 0.29) is 0 Å². The minimum Gasteiger partial charge on any atom is -0.334 e. The molecule has 0 saturated heterocycles. The van der Waals surface area contributed by atoms with Crippen LogP contribution in [0.3, 0.4) is 0 Å². The van der Waals surface area contributed by atoms with E-state index < -0.39 is 0 Å². The van der Waals surface area contributed by atoms with Gasteiger partial charge in [-0.15, -0.1) is 0 Å². The number of rotatable bonds is 7. The molecule has 5 unspecified atom stereocenters. The summed E-state index contributed by atoms with van der Waals surface area (Å²) in [5, 5.41) is 2.97. The number of hydrogen-bond acceptors (Lipinski definition) is 1. The Labute approximate surface area is 351 Å². The molecule has 0 bridgehead atoms. The molecule has 7 aliphatic carbocycles. The predicted molar refractivity (Wildman–Crippen MR) is 249 cm³/mol. The zero-order valence-electron chi connectivity index (χ0n) is 36.4. The standard InChI is InChI=1S/C57H69N/c1-37-21-24-46(29-39(37)3)47(32-41-23-25-42-13-5-7-15-44(42)31-41)33-48-35-55-53-19-11-12-20-54(53)57(36-56(55)52-18-10-9-17-51(48)52)58(49-27-22-38(2)40(4)30-49)50-28-26-43-14-6-8-16-45(43)34-50/h9-10,17-18,21,26-28,30,33-35,38-39,41,46,57H,5-8,11-16,19-20,22-25,29,31-32,36H2,1-4H3/b47-33-. The lowest BCUT2D eigenvalue weighted by Crippen LogP contribution is -2.41. The van der Waals surface area contributed by atoms with Gasteiger partial charge in [0.2, 0.25) is 0 Å². The maximum absolute atomic E-state index is 2.83. The molecule has 7 aliphatic rings. The van der Waals surface area contributed by atoms with E-state index >= 15 is 0 Å². The Hall–Kier alpha value is -3.84. The third-order valence-corrected chi connectivity index (χ3v) is 16.5. The van der Waals surface area contributed by atoms with Crippen molar-refractivity contribution in [2.24, 2.45) is 23.7 Å². The number of fused-ring (bicyclic) bond motifs is 5. The number of anilines is 1. The molecule has 0 aromatic heterocycles. The van der Waals surface area contributed by atoms with Crippen molar-refractivity contribution in [3.63, 3.8) is 0 Å². The van der Waals surface area contributed by atoms with Crippen molar-refractivity contribution in [2.45, 2.75) is 162 Å². The first-order valence-corrected chi connectivity index (χ1v) is 24.0. The predicted octanol–water partition coefficient (Wildman–Crippen LogP) is 15.8. The Bertz CT molecular complexity index is 2280. The van der Waals surface area contributed by atoms with Crippen molar-refractivity contribution in [3.05, 3.63) is 134 Å². The number of hydrogen-bond donors (Lipinski definition) is 0. The van der Waals surface area contributed by atoms with E-state index in [2.05, 4.69) is 105 Å². The van der Waals surface area contributed by atoms with Crippen LogP contribution in [-0.4, -0.2) is 6.04 Å². The van der Waals surface area contributed by atoms with Crippen LogP contribution in [0.2, 0.25) is 0 Å². The minimum absolute atomic E-state index is 0.345. The number of benzene rings is 3. The second-order valence-corrected chi connectivity index (χ2v) is 20.1. The van der Waals surface area contributed by atoms with Crippen molar-refractivity contribution in [1.82, 2.24) is 0 Å². The van der Waals surface area contributed by atoms with Crippen LogP contribution in [0.4, 0.5) is 5.69 Å². The molecule has 1 nitrogen and oxygen atoms in total. The van der Waals surface area contributed by atoms with Crippen LogP contribution >= 0.6 is 0 Å². The highest BCUT2D eigenvalue weighted by atomic mass is 15.2. The average molecular weight is 768 g/mol. The Morgan fingerprint density at radius 2 is 1.48 bits per heavy atom. The highest BCUT2D eigenvalue weighted by molar-refractivity contribution is 5.98. The highest BCUT2D eigenvalue weighted by Gasteiger charge is 2.36. The number of nitrogens with zero attached hydrogens (tertiary/aromatic N) is 1. The number of allylic oxidation sites excluding steroid dienone is 9. The third kappa shape index (κ3) is 7.36. The minimum atomic E-state index is 0.345. The van der Waals surface area contributed by atoms with Crippen LogP contribution in [0.25, 0.3) is 22.4 Å². The summed E-state index contributed by atoms with van der Waals surface area (Å²) in [5.74, 6) is 2.74. The summed E-state index contributed by atoms with van der Waals surface area (Å²) in [7, 11) is 0. The monoisotopic (exact) mass is 768 g/mol. The van der Waals surface area contributed by atoms with Gasteiger partial charge in [-0.2, -0.15) is 0 Å². The van der Waals surface area contributed by atoms with Crippen LogP contribution < -0.4 is 4.90 Å². The largest absolute Gasteiger partial charge is 0.334 e. The van der Waals surface area contributed by atoms with Crippen molar-refractivity contribution < 1.29 is 0 Å². The molecule has 5 atom stereocenters. The van der Waals surface area contributed by atoms with Gasteiger partial charge in [-0.3, -0.25) is 0 Å². The van der Waals surface area contributed by atoms with Gasteiger partial charge in [0.25, 0.3) is 0 Å². The van der Waals surface area contributed by atoms with Gasteiger partial charge in [-0.05, 0) is 240 Å². The van der Waals surface area contributed by atoms with Crippen molar-refractivity contribution in [3.8, 4) is 0 Å². The lowest BCUT2D eigenvalue weighted by Gasteiger charge is -2.43. The van der Waals surface area contributed by atoms with Crippen LogP contribution in [0.15, 0.2) is 106 Å². The lowest BCUT2D eigenvalue weighted by atomic mass is 9.71. The molecular formula is C57H69N. The highest BCUT2D eigenvalue weighted by Crippen LogP contribution is 2.49. The van der Waals surface area contributed by atoms with Crippen molar-refractivity contribution in [2.75, 3.05) is 4.90 Å². The summed E-state index contributed by atoms with van der Waals surface area (Å²) in [6.07, 6.45) is 36.3. The van der Waals surface area contributed by atoms with E-state index in [1.807, 2.05) is 11.1 Å². The topological polar surface area (TPSA) is 3.24 Å². The molecule has 0 aliphatic heterocycles. The molecule has 0 heterocycles. The van der Waals surface area contributed by atoms with E-state index in [1.165, 1.54) is 149 Å². The molecule has 0 N–H and O–H groups in total.